The molecule has 140 valence electrons. The summed E-state index contributed by atoms with van der Waals surface area (Å²) in [6, 6.07) is 5.57. The van der Waals surface area contributed by atoms with Gasteiger partial charge in [-0.25, -0.2) is 4.98 Å². The van der Waals surface area contributed by atoms with Crippen LogP contribution >= 0.6 is 34.5 Å². The number of amides is 1. The fourth-order valence-electron chi connectivity index (χ4n) is 3.10. The number of aromatic nitrogens is 1. The average molecular weight is 414 g/mol. The molecule has 2 heterocycles. The molecule has 0 bridgehead atoms. The summed E-state index contributed by atoms with van der Waals surface area (Å²) in [5, 5.41) is 4.57. The summed E-state index contributed by atoms with van der Waals surface area (Å²) in [5.74, 6) is -0.0620. The van der Waals surface area contributed by atoms with Gasteiger partial charge in [-0.2, -0.15) is 0 Å². The van der Waals surface area contributed by atoms with Crippen LogP contribution in [-0.2, 0) is 16.0 Å². The van der Waals surface area contributed by atoms with E-state index in [4.69, 9.17) is 27.9 Å². The summed E-state index contributed by atoms with van der Waals surface area (Å²) in [4.78, 5) is 19.7. The molecule has 1 amide bonds. The molecule has 1 aliphatic rings. The van der Waals surface area contributed by atoms with Crippen LogP contribution in [0.2, 0.25) is 10.0 Å². The average Bonchev–Trinajstić information content (AvgIpc) is 2.97. The molecule has 2 atom stereocenters. The van der Waals surface area contributed by atoms with Crippen molar-refractivity contribution in [3.05, 3.63) is 44.9 Å². The van der Waals surface area contributed by atoms with E-state index in [1.54, 1.807) is 12.3 Å². The maximum atomic E-state index is 12.3. The standard InChI is InChI=1S/C18H21Cl2N3O2S/c1-11-8-23(9-12(2)25-11)10-16(24)22-18-21-7-14(26-18)6-13-4-3-5-15(19)17(13)20/h3-5,7,11-12H,6,8-10H2,1-2H3,(H,21,22,24)/t11-,12-/m0/s1. The van der Waals surface area contributed by atoms with E-state index in [0.717, 1.165) is 23.5 Å². The van der Waals surface area contributed by atoms with Crippen LogP contribution in [0.4, 0.5) is 5.13 Å². The molecule has 5 nitrogen and oxygen atoms in total. The van der Waals surface area contributed by atoms with E-state index < -0.39 is 0 Å². The lowest BCUT2D eigenvalue weighted by Gasteiger charge is -2.34. The van der Waals surface area contributed by atoms with Gasteiger partial charge in [-0.1, -0.05) is 35.3 Å². The number of morpholine rings is 1. The van der Waals surface area contributed by atoms with E-state index in [1.807, 2.05) is 26.0 Å². The Labute approximate surface area is 167 Å². The summed E-state index contributed by atoms with van der Waals surface area (Å²) in [7, 11) is 0. The summed E-state index contributed by atoms with van der Waals surface area (Å²) in [6.45, 7) is 5.90. The second-order valence-electron chi connectivity index (χ2n) is 6.52. The van der Waals surface area contributed by atoms with Gasteiger partial charge in [0.25, 0.3) is 0 Å². The maximum absolute atomic E-state index is 12.3. The summed E-state index contributed by atoms with van der Waals surface area (Å²) >= 11 is 13.7. The van der Waals surface area contributed by atoms with Gasteiger partial charge in [0.2, 0.25) is 5.91 Å². The summed E-state index contributed by atoms with van der Waals surface area (Å²) < 4.78 is 5.69. The number of nitrogens with one attached hydrogen (secondary N) is 1. The number of hydrogen-bond acceptors (Lipinski definition) is 5. The SMILES string of the molecule is C[C@H]1CN(CC(=O)Nc2ncc(Cc3cccc(Cl)c3Cl)s2)C[C@H](C)O1. The van der Waals surface area contributed by atoms with Crippen molar-refractivity contribution >= 4 is 45.6 Å². The quantitative estimate of drug-likeness (QED) is 0.801. The van der Waals surface area contributed by atoms with Crippen LogP contribution in [0.15, 0.2) is 24.4 Å². The van der Waals surface area contributed by atoms with Crippen LogP contribution in [-0.4, -0.2) is 47.6 Å². The number of hydrogen-bond donors (Lipinski definition) is 1. The van der Waals surface area contributed by atoms with Crippen molar-refractivity contribution in [1.82, 2.24) is 9.88 Å². The highest BCUT2D eigenvalue weighted by molar-refractivity contribution is 7.15. The Kier molecular flexibility index (Phi) is 6.53. The highest BCUT2D eigenvalue weighted by atomic mass is 35.5. The molecule has 1 fully saturated rings. The van der Waals surface area contributed by atoms with Gasteiger partial charge in [-0.05, 0) is 25.5 Å². The molecule has 1 aromatic heterocycles. The fourth-order valence-corrected chi connectivity index (χ4v) is 4.33. The third-order valence-electron chi connectivity index (χ3n) is 4.06. The minimum Gasteiger partial charge on any atom is -0.373 e. The Balaban J connectivity index is 1.56. The molecule has 1 N–H and O–H groups in total. The van der Waals surface area contributed by atoms with Gasteiger partial charge >= 0.3 is 0 Å². The predicted octanol–water partition coefficient (Wildman–Crippen LogP) is 4.09. The minimum atomic E-state index is -0.0620. The third-order valence-corrected chi connectivity index (χ3v) is 5.83. The van der Waals surface area contributed by atoms with Crippen molar-refractivity contribution in [3.63, 3.8) is 0 Å². The highest BCUT2D eigenvalue weighted by Gasteiger charge is 2.24. The molecule has 0 spiro atoms. The van der Waals surface area contributed by atoms with Gasteiger partial charge < -0.3 is 10.1 Å². The van der Waals surface area contributed by atoms with E-state index in [9.17, 15) is 4.79 Å². The molecule has 0 saturated carbocycles. The Bertz CT molecular complexity index is 774. The van der Waals surface area contributed by atoms with Gasteiger partial charge in [-0.15, -0.1) is 11.3 Å². The number of nitrogens with zero attached hydrogens (tertiary/aromatic N) is 2. The topological polar surface area (TPSA) is 54.5 Å². The van der Waals surface area contributed by atoms with Gasteiger partial charge in [-0.3, -0.25) is 9.69 Å². The molecule has 1 saturated heterocycles. The number of benzene rings is 1. The first-order valence-corrected chi connectivity index (χ1v) is 10.0. The van der Waals surface area contributed by atoms with E-state index in [0.29, 0.717) is 28.1 Å². The minimum absolute atomic E-state index is 0.0620. The molecule has 2 aromatic rings. The predicted molar refractivity (Wildman–Crippen MR) is 106 cm³/mol. The number of carbonyl (C=O) groups is 1. The first-order valence-electron chi connectivity index (χ1n) is 8.46. The van der Waals surface area contributed by atoms with E-state index >= 15 is 0 Å². The van der Waals surface area contributed by atoms with Crippen molar-refractivity contribution in [2.24, 2.45) is 0 Å². The summed E-state index contributed by atoms with van der Waals surface area (Å²) in [6.07, 6.45) is 2.67. The van der Waals surface area contributed by atoms with Crippen LogP contribution in [0, 0.1) is 0 Å². The van der Waals surface area contributed by atoms with E-state index in [1.165, 1.54) is 11.3 Å². The number of thiazole rings is 1. The molecule has 1 aromatic carbocycles. The van der Waals surface area contributed by atoms with Crippen LogP contribution in [0.1, 0.15) is 24.3 Å². The Hall–Kier alpha value is -1.18. The maximum Gasteiger partial charge on any atom is 0.240 e. The molecular weight excluding hydrogens is 393 g/mol. The Morgan fingerprint density at radius 1 is 1.35 bits per heavy atom. The van der Waals surface area contributed by atoms with Gasteiger partial charge in [0.05, 0.1) is 28.8 Å². The molecule has 0 aliphatic carbocycles. The molecule has 0 radical (unpaired) electrons. The molecular formula is C18H21Cl2N3O2S. The van der Waals surface area contributed by atoms with Crippen LogP contribution < -0.4 is 5.32 Å². The first-order chi connectivity index (χ1) is 12.4. The van der Waals surface area contributed by atoms with Crippen LogP contribution in [0.5, 0.6) is 0 Å². The highest BCUT2D eigenvalue weighted by Crippen LogP contribution is 2.29. The Morgan fingerprint density at radius 2 is 2.08 bits per heavy atom. The normalized spacial score (nSPS) is 20.9. The monoisotopic (exact) mass is 413 g/mol. The lowest BCUT2D eigenvalue weighted by Crippen LogP contribution is -2.48. The molecule has 3 rings (SSSR count). The lowest BCUT2D eigenvalue weighted by atomic mass is 10.1. The first kappa shape index (κ1) is 19.6. The third kappa shape index (κ3) is 5.18. The zero-order chi connectivity index (χ0) is 18.7. The van der Waals surface area contributed by atoms with Crippen molar-refractivity contribution in [3.8, 4) is 0 Å². The van der Waals surface area contributed by atoms with Gasteiger partial charge in [0.1, 0.15) is 0 Å². The number of ether oxygens (including phenoxy) is 1. The molecule has 1 aliphatic heterocycles. The second kappa shape index (κ2) is 8.67. The van der Waals surface area contributed by atoms with Crippen LogP contribution in [0.3, 0.4) is 0 Å². The lowest BCUT2D eigenvalue weighted by molar-refractivity contribution is -0.121. The smallest absolute Gasteiger partial charge is 0.240 e. The van der Waals surface area contributed by atoms with E-state index in [-0.39, 0.29) is 18.1 Å². The van der Waals surface area contributed by atoms with Crippen molar-refractivity contribution < 1.29 is 9.53 Å². The number of anilines is 1. The van der Waals surface area contributed by atoms with Gasteiger partial charge in [0, 0.05) is 30.6 Å². The number of rotatable bonds is 5. The number of carbonyl (C=O) groups excluding carboxylic acids is 1. The Morgan fingerprint density at radius 3 is 2.81 bits per heavy atom. The second-order valence-corrected chi connectivity index (χ2v) is 8.42. The van der Waals surface area contributed by atoms with E-state index in [2.05, 4.69) is 15.2 Å². The number of halogens is 2. The van der Waals surface area contributed by atoms with Crippen molar-refractivity contribution in [2.75, 3.05) is 25.0 Å². The molecule has 26 heavy (non-hydrogen) atoms. The molecule has 0 unspecified atom stereocenters. The largest absolute Gasteiger partial charge is 0.373 e. The summed E-state index contributed by atoms with van der Waals surface area (Å²) in [5.41, 5.74) is 0.942. The fraction of sp³-hybridized carbons (Fsp3) is 0.444. The van der Waals surface area contributed by atoms with Gasteiger partial charge in [0.15, 0.2) is 5.13 Å². The zero-order valence-electron chi connectivity index (χ0n) is 14.7. The van der Waals surface area contributed by atoms with Crippen LogP contribution in [0.25, 0.3) is 0 Å². The van der Waals surface area contributed by atoms with Crippen molar-refractivity contribution in [1.29, 1.82) is 0 Å². The van der Waals surface area contributed by atoms with Crippen molar-refractivity contribution in [2.45, 2.75) is 32.5 Å². The molecule has 8 heteroatoms. The zero-order valence-corrected chi connectivity index (χ0v) is 17.0.